The van der Waals surface area contributed by atoms with Crippen LogP contribution in [0.1, 0.15) is 23.8 Å². The molecule has 0 amide bonds. The van der Waals surface area contributed by atoms with E-state index in [1.807, 2.05) is 18.2 Å². The van der Waals surface area contributed by atoms with Crippen LogP contribution in [0.5, 0.6) is 0 Å². The minimum Gasteiger partial charge on any atom is -0.271 e. The third-order valence-corrected chi connectivity index (χ3v) is 3.14. The van der Waals surface area contributed by atoms with Gasteiger partial charge in [0.05, 0.1) is 10.4 Å². The summed E-state index contributed by atoms with van der Waals surface area (Å²) in [5.41, 5.74) is 2.77. The molecule has 2 nitrogen and oxygen atoms in total. The van der Waals surface area contributed by atoms with Gasteiger partial charge in [0.15, 0.2) is 0 Å². The molecule has 1 atom stereocenters. The molecule has 0 spiro atoms. The Morgan fingerprint density at radius 1 is 1.69 bits per heavy atom. The Balaban J connectivity index is 2.60. The fourth-order valence-electron chi connectivity index (χ4n) is 1.11. The molecular formula is C9H13ClN2S. The summed E-state index contributed by atoms with van der Waals surface area (Å²) in [5, 5.41) is 0. The number of thiophene rings is 1. The molecular weight excluding hydrogens is 204 g/mol. The lowest BCUT2D eigenvalue weighted by molar-refractivity contribution is 0.529. The Hall–Kier alpha value is -0.350. The first-order valence-electron chi connectivity index (χ1n) is 4.10. The molecule has 0 aliphatic rings. The van der Waals surface area contributed by atoms with Gasteiger partial charge in [-0.2, -0.15) is 0 Å². The Morgan fingerprint density at radius 3 is 2.92 bits per heavy atom. The number of rotatable bonds is 5. The van der Waals surface area contributed by atoms with Crippen molar-refractivity contribution in [1.82, 2.24) is 5.43 Å². The number of hydrogen-bond acceptors (Lipinski definition) is 3. The van der Waals surface area contributed by atoms with Crippen LogP contribution in [0.2, 0.25) is 4.34 Å². The first-order chi connectivity index (χ1) is 6.27. The fourth-order valence-corrected chi connectivity index (χ4v) is 2.26. The quantitative estimate of drug-likeness (QED) is 0.451. The van der Waals surface area contributed by atoms with E-state index in [0.29, 0.717) is 0 Å². The molecule has 1 aromatic rings. The molecule has 0 saturated carbocycles. The maximum Gasteiger partial charge on any atom is 0.0931 e. The van der Waals surface area contributed by atoms with Gasteiger partial charge in [-0.3, -0.25) is 11.3 Å². The van der Waals surface area contributed by atoms with Crippen LogP contribution in [0, 0.1) is 0 Å². The highest BCUT2D eigenvalue weighted by Gasteiger charge is 2.10. The molecule has 0 bridgehead atoms. The maximum absolute atomic E-state index is 5.83. The van der Waals surface area contributed by atoms with Gasteiger partial charge in [0.1, 0.15) is 0 Å². The third-order valence-electron chi connectivity index (χ3n) is 1.80. The Bertz CT molecular complexity index is 272. The minimum atomic E-state index is 0.190. The highest BCUT2D eigenvalue weighted by atomic mass is 35.5. The van der Waals surface area contributed by atoms with Gasteiger partial charge < -0.3 is 0 Å². The van der Waals surface area contributed by atoms with E-state index >= 15 is 0 Å². The molecule has 0 saturated heterocycles. The number of nitrogens with one attached hydrogen (secondary N) is 1. The average Bonchev–Trinajstić information content (AvgIpc) is 2.54. The molecule has 72 valence electrons. The van der Waals surface area contributed by atoms with Gasteiger partial charge in [0.25, 0.3) is 0 Å². The van der Waals surface area contributed by atoms with E-state index in [1.54, 1.807) is 11.3 Å². The second-order valence-corrected chi connectivity index (χ2v) is 4.47. The summed E-state index contributed by atoms with van der Waals surface area (Å²) in [6, 6.07) is 4.08. The van der Waals surface area contributed by atoms with Crippen LogP contribution in [0.3, 0.4) is 0 Å². The molecule has 3 N–H and O–H groups in total. The van der Waals surface area contributed by atoms with E-state index in [4.69, 9.17) is 17.4 Å². The Labute approximate surface area is 87.4 Å². The molecule has 0 aliphatic carbocycles. The van der Waals surface area contributed by atoms with Crippen molar-refractivity contribution in [2.24, 2.45) is 5.84 Å². The zero-order valence-corrected chi connectivity index (χ0v) is 8.87. The van der Waals surface area contributed by atoms with Gasteiger partial charge in [0.2, 0.25) is 0 Å². The lowest BCUT2D eigenvalue weighted by atomic mass is 10.1. The van der Waals surface area contributed by atoms with Crippen LogP contribution < -0.4 is 11.3 Å². The predicted molar refractivity (Wildman–Crippen MR) is 58.8 cm³/mol. The highest BCUT2D eigenvalue weighted by Crippen LogP contribution is 2.28. The van der Waals surface area contributed by atoms with Crippen molar-refractivity contribution in [3.05, 3.63) is 34.0 Å². The van der Waals surface area contributed by atoms with Crippen LogP contribution in [0.15, 0.2) is 24.8 Å². The van der Waals surface area contributed by atoms with Crippen LogP contribution in [-0.4, -0.2) is 0 Å². The molecule has 1 rings (SSSR count). The Morgan fingerprint density at radius 2 is 2.46 bits per heavy atom. The standard InChI is InChI=1S/C9H13ClN2S/c1-2-3-4-7(12-11)8-5-6-9(10)13-8/h2,5-7,12H,1,3-4,11H2. The number of nitrogens with two attached hydrogens (primary N) is 1. The summed E-state index contributed by atoms with van der Waals surface area (Å²) < 4.78 is 0.800. The number of halogens is 1. The van der Waals surface area contributed by atoms with E-state index in [-0.39, 0.29) is 6.04 Å². The topological polar surface area (TPSA) is 38.0 Å². The maximum atomic E-state index is 5.83. The number of allylic oxidation sites excluding steroid dienone is 1. The highest BCUT2D eigenvalue weighted by molar-refractivity contribution is 7.16. The van der Waals surface area contributed by atoms with Crippen molar-refractivity contribution in [2.45, 2.75) is 18.9 Å². The zero-order chi connectivity index (χ0) is 9.68. The van der Waals surface area contributed by atoms with E-state index in [0.717, 1.165) is 17.2 Å². The van der Waals surface area contributed by atoms with Crippen molar-refractivity contribution < 1.29 is 0 Å². The summed E-state index contributed by atoms with van der Waals surface area (Å²) in [4.78, 5) is 1.18. The molecule has 0 aromatic carbocycles. The van der Waals surface area contributed by atoms with Crippen molar-refractivity contribution in [1.29, 1.82) is 0 Å². The van der Waals surface area contributed by atoms with Gasteiger partial charge in [-0.1, -0.05) is 17.7 Å². The lowest BCUT2D eigenvalue weighted by Gasteiger charge is -2.12. The first kappa shape index (κ1) is 10.7. The molecule has 1 aromatic heterocycles. The molecule has 0 fully saturated rings. The average molecular weight is 217 g/mol. The first-order valence-corrected chi connectivity index (χ1v) is 5.29. The van der Waals surface area contributed by atoms with E-state index in [2.05, 4.69) is 12.0 Å². The van der Waals surface area contributed by atoms with Crippen LogP contribution in [0.25, 0.3) is 0 Å². The number of hydrazine groups is 1. The fraction of sp³-hybridized carbons (Fsp3) is 0.333. The van der Waals surface area contributed by atoms with Gasteiger partial charge in [-0.25, -0.2) is 0 Å². The van der Waals surface area contributed by atoms with Crippen molar-refractivity contribution >= 4 is 22.9 Å². The molecule has 0 aliphatic heterocycles. The molecule has 13 heavy (non-hydrogen) atoms. The minimum absolute atomic E-state index is 0.190. The summed E-state index contributed by atoms with van der Waals surface area (Å²) in [7, 11) is 0. The summed E-state index contributed by atoms with van der Waals surface area (Å²) >= 11 is 7.38. The van der Waals surface area contributed by atoms with Crippen molar-refractivity contribution in [2.75, 3.05) is 0 Å². The second kappa shape index (κ2) is 5.40. The summed E-state index contributed by atoms with van der Waals surface area (Å²) in [5.74, 6) is 5.43. The third kappa shape index (κ3) is 3.12. The Kier molecular flexibility index (Phi) is 4.45. The predicted octanol–water partition coefficient (Wildman–Crippen LogP) is 2.87. The second-order valence-electron chi connectivity index (χ2n) is 2.73. The summed E-state index contributed by atoms with van der Waals surface area (Å²) in [6.07, 6.45) is 3.79. The van der Waals surface area contributed by atoms with E-state index in [9.17, 15) is 0 Å². The van der Waals surface area contributed by atoms with Crippen molar-refractivity contribution in [3.63, 3.8) is 0 Å². The van der Waals surface area contributed by atoms with Gasteiger partial charge in [-0.05, 0) is 25.0 Å². The van der Waals surface area contributed by atoms with Crippen LogP contribution in [0.4, 0.5) is 0 Å². The van der Waals surface area contributed by atoms with Gasteiger partial charge in [0, 0.05) is 4.88 Å². The van der Waals surface area contributed by atoms with E-state index in [1.165, 1.54) is 4.88 Å². The van der Waals surface area contributed by atoms with Gasteiger partial charge in [-0.15, -0.1) is 17.9 Å². The normalized spacial score (nSPS) is 12.8. The molecule has 1 heterocycles. The number of hydrogen-bond donors (Lipinski definition) is 2. The lowest BCUT2D eigenvalue weighted by Crippen LogP contribution is -2.27. The summed E-state index contributed by atoms with van der Waals surface area (Å²) in [6.45, 7) is 3.67. The molecule has 0 radical (unpaired) electrons. The van der Waals surface area contributed by atoms with Crippen LogP contribution in [-0.2, 0) is 0 Å². The van der Waals surface area contributed by atoms with Crippen LogP contribution >= 0.6 is 22.9 Å². The smallest absolute Gasteiger partial charge is 0.0931 e. The molecule has 1 unspecified atom stereocenters. The SMILES string of the molecule is C=CCCC(NN)c1ccc(Cl)s1. The largest absolute Gasteiger partial charge is 0.271 e. The van der Waals surface area contributed by atoms with Gasteiger partial charge >= 0.3 is 0 Å². The van der Waals surface area contributed by atoms with E-state index < -0.39 is 0 Å². The molecule has 4 heteroatoms. The van der Waals surface area contributed by atoms with Crippen molar-refractivity contribution in [3.8, 4) is 0 Å². The zero-order valence-electron chi connectivity index (χ0n) is 7.29. The monoisotopic (exact) mass is 216 g/mol.